The Hall–Kier alpha value is -0.300. The van der Waals surface area contributed by atoms with Crippen molar-refractivity contribution in [3.63, 3.8) is 0 Å². The molecular weight excluding hydrogens is 86.1 g/mol. The Morgan fingerprint density at radius 2 is 2.57 bits per heavy atom. The SMILES string of the molecule is C[C@H]1C=C(CN)C1. The fourth-order valence-electron chi connectivity index (χ4n) is 0.934. The van der Waals surface area contributed by atoms with Crippen molar-refractivity contribution in [3.05, 3.63) is 11.6 Å². The molecule has 0 fully saturated rings. The van der Waals surface area contributed by atoms with Gasteiger partial charge in [0.05, 0.1) is 0 Å². The maximum absolute atomic E-state index is 5.33. The first-order valence-corrected chi connectivity index (χ1v) is 2.72. The first-order chi connectivity index (χ1) is 3.33. The summed E-state index contributed by atoms with van der Waals surface area (Å²) in [6.07, 6.45) is 3.47. The van der Waals surface area contributed by atoms with E-state index in [1.165, 1.54) is 12.0 Å². The third-order valence-electron chi connectivity index (χ3n) is 1.37. The van der Waals surface area contributed by atoms with Crippen LogP contribution in [0.4, 0.5) is 0 Å². The molecule has 0 saturated carbocycles. The van der Waals surface area contributed by atoms with Crippen molar-refractivity contribution in [2.45, 2.75) is 13.3 Å². The molecule has 0 spiro atoms. The fraction of sp³-hybridized carbons (Fsp3) is 0.667. The summed E-state index contributed by atoms with van der Waals surface area (Å²) in [5, 5.41) is 0. The lowest BCUT2D eigenvalue weighted by Crippen LogP contribution is -2.14. The van der Waals surface area contributed by atoms with E-state index >= 15 is 0 Å². The molecule has 0 aliphatic heterocycles. The van der Waals surface area contributed by atoms with Crippen molar-refractivity contribution < 1.29 is 0 Å². The second-order valence-electron chi connectivity index (χ2n) is 2.21. The summed E-state index contributed by atoms with van der Waals surface area (Å²) >= 11 is 0. The summed E-state index contributed by atoms with van der Waals surface area (Å²) in [7, 11) is 0. The van der Waals surface area contributed by atoms with E-state index in [1.807, 2.05) is 0 Å². The van der Waals surface area contributed by atoms with Gasteiger partial charge in [0.25, 0.3) is 0 Å². The summed E-state index contributed by atoms with van der Waals surface area (Å²) in [5.41, 5.74) is 6.75. The van der Waals surface area contributed by atoms with E-state index in [1.54, 1.807) is 0 Å². The number of allylic oxidation sites excluding steroid dienone is 1. The zero-order valence-electron chi connectivity index (χ0n) is 4.65. The molecule has 0 saturated heterocycles. The zero-order chi connectivity index (χ0) is 5.28. The van der Waals surface area contributed by atoms with Crippen LogP contribution in [0.3, 0.4) is 0 Å². The highest BCUT2D eigenvalue weighted by Gasteiger charge is 2.10. The Morgan fingerprint density at radius 1 is 2.00 bits per heavy atom. The van der Waals surface area contributed by atoms with Crippen LogP contribution in [0.15, 0.2) is 11.6 Å². The van der Waals surface area contributed by atoms with Crippen LogP contribution in [0.25, 0.3) is 0 Å². The summed E-state index contributed by atoms with van der Waals surface area (Å²) in [5.74, 6) is 0.804. The van der Waals surface area contributed by atoms with Crippen molar-refractivity contribution in [2.75, 3.05) is 6.54 Å². The van der Waals surface area contributed by atoms with Gasteiger partial charge in [-0.15, -0.1) is 0 Å². The van der Waals surface area contributed by atoms with Gasteiger partial charge in [0.15, 0.2) is 0 Å². The smallest absolute Gasteiger partial charge is 0.0137 e. The molecule has 1 aliphatic rings. The highest BCUT2D eigenvalue weighted by atomic mass is 14.5. The van der Waals surface area contributed by atoms with Crippen LogP contribution in [-0.2, 0) is 0 Å². The molecule has 1 atom stereocenters. The van der Waals surface area contributed by atoms with Gasteiger partial charge in [-0.25, -0.2) is 0 Å². The lowest BCUT2D eigenvalue weighted by Gasteiger charge is -2.19. The molecule has 0 heterocycles. The molecule has 1 heteroatoms. The lowest BCUT2D eigenvalue weighted by molar-refractivity contribution is 0.626. The third kappa shape index (κ3) is 0.829. The van der Waals surface area contributed by atoms with E-state index < -0.39 is 0 Å². The number of hydrogen-bond donors (Lipinski definition) is 1. The molecule has 0 unspecified atom stereocenters. The molecular formula is C6H11N. The maximum atomic E-state index is 5.33. The molecule has 40 valence electrons. The minimum atomic E-state index is 0.768. The number of nitrogens with two attached hydrogens (primary N) is 1. The van der Waals surface area contributed by atoms with Crippen LogP contribution < -0.4 is 5.73 Å². The quantitative estimate of drug-likeness (QED) is 0.483. The van der Waals surface area contributed by atoms with Crippen LogP contribution in [-0.4, -0.2) is 6.54 Å². The molecule has 1 rings (SSSR count). The van der Waals surface area contributed by atoms with E-state index in [-0.39, 0.29) is 0 Å². The Labute approximate surface area is 44.2 Å². The van der Waals surface area contributed by atoms with Gasteiger partial charge in [0.2, 0.25) is 0 Å². The van der Waals surface area contributed by atoms with Gasteiger partial charge >= 0.3 is 0 Å². The highest BCUT2D eigenvalue weighted by Crippen LogP contribution is 2.23. The molecule has 0 radical (unpaired) electrons. The minimum Gasteiger partial charge on any atom is -0.327 e. The fourth-order valence-corrected chi connectivity index (χ4v) is 0.934. The average molecular weight is 97.2 g/mol. The first-order valence-electron chi connectivity index (χ1n) is 2.72. The molecule has 0 amide bonds. The largest absolute Gasteiger partial charge is 0.327 e. The maximum Gasteiger partial charge on any atom is 0.0137 e. The Morgan fingerprint density at radius 3 is 2.71 bits per heavy atom. The molecule has 1 aliphatic carbocycles. The van der Waals surface area contributed by atoms with Crippen LogP contribution in [0.1, 0.15) is 13.3 Å². The topological polar surface area (TPSA) is 26.0 Å². The Balaban J connectivity index is 2.35. The monoisotopic (exact) mass is 97.1 g/mol. The second kappa shape index (κ2) is 1.66. The second-order valence-corrected chi connectivity index (χ2v) is 2.21. The van der Waals surface area contributed by atoms with Crippen LogP contribution in [0.2, 0.25) is 0 Å². The predicted octanol–water partition coefficient (Wildman–Crippen LogP) is 0.911. The van der Waals surface area contributed by atoms with Crippen molar-refractivity contribution in [2.24, 2.45) is 11.7 Å². The predicted molar refractivity (Wildman–Crippen MR) is 30.9 cm³/mol. The lowest BCUT2D eigenvalue weighted by atomic mass is 9.88. The summed E-state index contributed by atoms with van der Waals surface area (Å²) < 4.78 is 0. The van der Waals surface area contributed by atoms with Crippen LogP contribution in [0.5, 0.6) is 0 Å². The van der Waals surface area contributed by atoms with E-state index in [2.05, 4.69) is 13.0 Å². The zero-order valence-corrected chi connectivity index (χ0v) is 4.65. The summed E-state index contributed by atoms with van der Waals surface area (Å²) in [6, 6.07) is 0. The normalized spacial score (nSPS) is 28.9. The molecule has 0 aromatic heterocycles. The van der Waals surface area contributed by atoms with Crippen LogP contribution >= 0.6 is 0 Å². The Bertz CT molecular complexity index is 94.4. The van der Waals surface area contributed by atoms with Crippen molar-refractivity contribution in [1.82, 2.24) is 0 Å². The van der Waals surface area contributed by atoms with E-state index in [9.17, 15) is 0 Å². The standard InChI is InChI=1S/C6H11N/c1-5-2-6(3-5)4-7/h2,5H,3-4,7H2,1H3/t5-/m0/s1. The molecule has 0 aromatic rings. The third-order valence-corrected chi connectivity index (χ3v) is 1.37. The Kier molecular flexibility index (Phi) is 1.15. The van der Waals surface area contributed by atoms with Gasteiger partial charge in [0.1, 0.15) is 0 Å². The van der Waals surface area contributed by atoms with Gasteiger partial charge in [-0.3, -0.25) is 0 Å². The van der Waals surface area contributed by atoms with Gasteiger partial charge in [-0.1, -0.05) is 18.6 Å². The van der Waals surface area contributed by atoms with Gasteiger partial charge < -0.3 is 5.73 Å². The van der Waals surface area contributed by atoms with E-state index in [4.69, 9.17) is 5.73 Å². The molecule has 1 nitrogen and oxygen atoms in total. The van der Waals surface area contributed by atoms with Gasteiger partial charge in [-0.05, 0) is 12.3 Å². The van der Waals surface area contributed by atoms with Gasteiger partial charge in [0, 0.05) is 6.54 Å². The highest BCUT2D eigenvalue weighted by molar-refractivity contribution is 5.16. The minimum absolute atomic E-state index is 0.768. The average Bonchev–Trinajstić information content (AvgIpc) is 1.58. The number of hydrogen-bond acceptors (Lipinski definition) is 1. The molecule has 2 N–H and O–H groups in total. The van der Waals surface area contributed by atoms with E-state index in [0.29, 0.717) is 0 Å². The van der Waals surface area contributed by atoms with Crippen LogP contribution in [0, 0.1) is 5.92 Å². The van der Waals surface area contributed by atoms with E-state index in [0.717, 1.165) is 12.5 Å². The molecule has 7 heavy (non-hydrogen) atoms. The van der Waals surface area contributed by atoms with Crippen molar-refractivity contribution >= 4 is 0 Å². The van der Waals surface area contributed by atoms with Crippen molar-refractivity contribution in [3.8, 4) is 0 Å². The van der Waals surface area contributed by atoms with Crippen molar-refractivity contribution in [1.29, 1.82) is 0 Å². The first kappa shape index (κ1) is 4.85. The molecule has 0 bridgehead atoms. The molecule has 0 aromatic carbocycles. The summed E-state index contributed by atoms with van der Waals surface area (Å²) in [6.45, 7) is 2.98. The van der Waals surface area contributed by atoms with Gasteiger partial charge in [-0.2, -0.15) is 0 Å². The summed E-state index contributed by atoms with van der Waals surface area (Å²) in [4.78, 5) is 0. The number of rotatable bonds is 1.